The molecule has 3 nitrogen and oxygen atoms in total. The number of halogens is 1. The van der Waals surface area contributed by atoms with E-state index >= 15 is 0 Å². The van der Waals surface area contributed by atoms with Crippen LogP contribution in [0, 0.1) is 6.92 Å². The van der Waals surface area contributed by atoms with Crippen LogP contribution in [0.1, 0.15) is 12.5 Å². The van der Waals surface area contributed by atoms with Gasteiger partial charge in [0.25, 0.3) is 5.91 Å². The van der Waals surface area contributed by atoms with Gasteiger partial charge in [-0.2, -0.15) is 0 Å². The van der Waals surface area contributed by atoms with Crippen LogP contribution in [-0.4, -0.2) is 19.0 Å². The number of amides is 1. The molecule has 0 fully saturated rings. The zero-order valence-electron chi connectivity index (χ0n) is 9.12. The van der Waals surface area contributed by atoms with Crippen molar-refractivity contribution in [3.63, 3.8) is 0 Å². The van der Waals surface area contributed by atoms with Crippen LogP contribution in [-0.2, 0) is 4.79 Å². The van der Waals surface area contributed by atoms with E-state index in [-0.39, 0.29) is 11.9 Å². The first-order valence-electron chi connectivity index (χ1n) is 4.80. The lowest BCUT2D eigenvalue weighted by Crippen LogP contribution is -2.39. The predicted molar refractivity (Wildman–Crippen MR) is 71.2 cm³/mol. The van der Waals surface area contributed by atoms with Gasteiger partial charge in [0.2, 0.25) is 0 Å². The molecule has 0 aromatic heterocycles. The van der Waals surface area contributed by atoms with Crippen LogP contribution < -0.4 is 8.43 Å². The Balaban J connectivity index is 2.90. The van der Waals surface area contributed by atoms with Crippen molar-refractivity contribution in [3.8, 4) is 0 Å². The Morgan fingerprint density at radius 2 is 2.07 bits per heavy atom. The van der Waals surface area contributed by atoms with Crippen molar-refractivity contribution in [2.45, 2.75) is 19.9 Å². The maximum absolute atomic E-state index is 11.9. The minimum absolute atomic E-state index is 0.0624. The molecule has 0 radical (unpaired) electrons. The number of para-hydroxylation sites is 1. The number of benzene rings is 1. The van der Waals surface area contributed by atoms with Crippen molar-refractivity contribution in [2.24, 2.45) is 0 Å². The van der Waals surface area contributed by atoms with Crippen LogP contribution in [0.25, 0.3) is 0 Å². The Labute approximate surface area is 104 Å². The van der Waals surface area contributed by atoms with E-state index in [0.717, 1.165) is 11.3 Å². The van der Waals surface area contributed by atoms with Gasteiger partial charge >= 0.3 is 0 Å². The van der Waals surface area contributed by atoms with Crippen LogP contribution in [0.5, 0.6) is 0 Å². The number of nitrogens with one attached hydrogen (secondary N) is 1. The van der Waals surface area contributed by atoms with Gasteiger partial charge in [-0.3, -0.25) is 7.91 Å². The molecule has 0 saturated carbocycles. The summed E-state index contributed by atoms with van der Waals surface area (Å²) in [6.07, 6.45) is 0. The third-order valence-corrected chi connectivity index (χ3v) is 3.32. The fourth-order valence-electron chi connectivity index (χ4n) is 1.20. The van der Waals surface area contributed by atoms with E-state index < -0.39 is 0 Å². The molecule has 1 atom stereocenters. The maximum atomic E-state index is 11.9. The topological polar surface area (TPSA) is 32.3 Å². The first-order chi connectivity index (χ1) is 7.07. The SMILES string of the molecule is CNC(C)C(=O)N(I)c1ccccc1C. The molecule has 1 unspecified atom stereocenters. The Hall–Kier alpha value is -0.620. The molecule has 0 aliphatic rings. The van der Waals surface area contributed by atoms with Crippen molar-refractivity contribution in [1.82, 2.24) is 5.32 Å². The average molecular weight is 318 g/mol. The summed E-state index contributed by atoms with van der Waals surface area (Å²) in [6.45, 7) is 3.85. The summed E-state index contributed by atoms with van der Waals surface area (Å²) < 4.78 is 1.66. The molecule has 1 aromatic carbocycles. The summed E-state index contributed by atoms with van der Waals surface area (Å²) >= 11 is 2.04. The van der Waals surface area contributed by atoms with Gasteiger partial charge in [-0.1, -0.05) is 18.2 Å². The second kappa shape index (κ2) is 5.46. The van der Waals surface area contributed by atoms with Gasteiger partial charge in [-0.05, 0) is 32.5 Å². The predicted octanol–water partition coefficient (Wildman–Crippen LogP) is 2.29. The average Bonchev–Trinajstić information content (AvgIpc) is 2.26. The summed E-state index contributed by atoms with van der Waals surface area (Å²) in [4.78, 5) is 11.9. The Morgan fingerprint density at radius 1 is 1.47 bits per heavy atom. The molecular formula is C11H15IN2O. The minimum atomic E-state index is -0.165. The van der Waals surface area contributed by atoms with Crippen molar-refractivity contribution in [2.75, 3.05) is 10.2 Å². The number of hydrogen-bond acceptors (Lipinski definition) is 2. The Bertz CT molecular complexity index is 354. The van der Waals surface area contributed by atoms with Gasteiger partial charge in [0.1, 0.15) is 0 Å². The first kappa shape index (κ1) is 12.4. The zero-order chi connectivity index (χ0) is 11.4. The van der Waals surface area contributed by atoms with Gasteiger partial charge < -0.3 is 5.32 Å². The van der Waals surface area contributed by atoms with Crippen LogP contribution >= 0.6 is 22.9 Å². The number of carbonyl (C=O) groups is 1. The highest BCUT2D eigenvalue weighted by molar-refractivity contribution is 14.1. The number of rotatable bonds is 3. The highest BCUT2D eigenvalue weighted by atomic mass is 127. The van der Waals surface area contributed by atoms with Gasteiger partial charge in [0.05, 0.1) is 34.6 Å². The third-order valence-electron chi connectivity index (χ3n) is 2.32. The highest BCUT2D eigenvalue weighted by Gasteiger charge is 2.19. The van der Waals surface area contributed by atoms with Gasteiger partial charge in [0, 0.05) is 0 Å². The molecule has 0 aliphatic carbocycles. The molecule has 1 rings (SSSR count). The van der Waals surface area contributed by atoms with E-state index in [9.17, 15) is 4.79 Å². The largest absolute Gasteiger partial charge is 0.309 e. The van der Waals surface area contributed by atoms with Gasteiger partial charge in [0.15, 0.2) is 0 Å². The van der Waals surface area contributed by atoms with Crippen LogP contribution in [0.15, 0.2) is 24.3 Å². The second-order valence-electron chi connectivity index (χ2n) is 3.42. The third kappa shape index (κ3) is 2.92. The highest BCUT2D eigenvalue weighted by Crippen LogP contribution is 2.23. The summed E-state index contributed by atoms with van der Waals surface area (Å²) in [6, 6.07) is 7.68. The summed E-state index contributed by atoms with van der Waals surface area (Å²) in [7, 11) is 1.78. The lowest BCUT2D eigenvalue weighted by atomic mass is 10.2. The van der Waals surface area contributed by atoms with E-state index in [4.69, 9.17) is 0 Å². The number of likely N-dealkylation sites (N-methyl/N-ethyl adjacent to an activating group) is 1. The van der Waals surface area contributed by atoms with Crippen molar-refractivity contribution in [1.29, 1.82) is 0 Å². The molecule has 1 amide bonds. The standard InChI is InChI=1S/C11H15IN2O/c1-8-6-4-5-7-10(8)14(12)11(15)9(2)13-3/h4-7,9,13H,1-3H3. The van der Waals surface area contributed by atoms with E-state index in [1.165, 1.54) is 0 Å². The van der Waals surface area contributed by atoms with Crippen molar-refractivity contribution in [3.05, 3.63) is 29.8 Å². The van der Waals surface area contributed by atoms with E-state index in [0.29, 0.717) is 0 Å². The minimum Gasteiger partial charge on any atom is -0.309 e. The molecule has 0 spiro atoms. The summed E-state index contributed by atoms with van der Waals surface area (Å²) in [5.74, 6) is 0.0624. The molecule has 82 valence electrons. The van der Waals surface area contributed by atoms with Gasteiger partial charge in [-0.15, -0.1) is 0 Å². The zero-order valence-corrected chi connectivity index (χ0v) is 11.3. The molecule has 0 bridgehead atoms. The quantitative estimate of drug-likeness (QED) is 0.685. The fraction of sp³-hybridized carbons (Fsp3) is 0.364. The number of nitrogens with zero attached hydrogens (tertiary/aromatic N) is 1. The normalized spacial score (nSPS) is 12.3. The molecule has 0 heterocycles. The first-order valence-corrected chi connectivity index (χ1v) is 5.77. The number of anilines is 1. The molecule has 1 N–H and O–H groups in total. The van der Waals surface area contributed by atoms with E-state index in [1.807, 2.05) is 61.0 Å². The molecule has 4 heteroatoms. The maximum Gasteiger partial charge on any atom is 0.252 e. The monoisotopic (exact) mass is 318 g/mol. The fourth-order valence-corrected chi connectivity index (χ4v) is 2.15. The summed E-state index contributed by atoms with van der Waals surface area (Å²) in [5, 5.41) is 2.94. The van der Waals surface area contributed by atoms with Crippen molar-refractivity contribution < 1.29 is 4.79 Å². The van der Waals surface area contributed by atoms with E-state index in [1.54, 1.807) is 10.2 Å². The van der Waals surface area contributed by atoms with Crippen LogP contribution in [0.3, 0.4) is 0 Å². The summed E-state index contributed by atoms with van der Waals surface area (Å²) in [5.41, 5.74) is 2.05. The Morgan fingerprint density at radius 3 is 2.60 bits per heavy atom. The Kier molecular flexibility index (Phi) is 4.53. The number of aryl methyl sites for hydroxylation is 1. The lowest BCUT2D eigenvalue weighted by molar-refractivity contribution is -0.118. The molecule has 1 aromatic rings. The molecular weight excluding hydrogens is 303 g/mol. The van der Waals surface area contributed by atoms with E-state index in [2.05, 4.69) is 5.32 Å². The molecule has 0 aliphatic heterocycles. The lowest BCUT2D eigenvalue weighted by Gasteiger charge is -2.20. The van der Waals surface area contributed by atoms with Crippen LogP contribution in [0.2, 0.25) is 0 Å². The molecule has 0 saturated heterocycles. The van der Waals surface area contributed by atoms with Crippen LogP contribution in [0.4, 0.5) is 5.69 Å². The molecule has 15 heavy (non-hydrogen) atoms. The smallest absolute Gasteiger partial charge is 0.252 e. The van der Waals surface area contributed by atoms with Crippen molar-refractivity contribution >= 4 is 34.5 Å². The second-order valence-corrected chi connectivity index (χ2v) is 4.38. The van der Waals surface area contributed by atoms with Gasteiger partial charge in [-0.25, -0.2) is 0 Å². The number of hydrogen-bond donors (Lipinski definition) is 1. The number of carbonyl (C=O) groups excluding carboxylic acids is 1.